The molecule has 0 radical (unpaired) electrons. The summed E-state index contributed by atoms with van der Waals surface area (Å²) >= 11 is 6.43. The molecule has 1 unspecified atom stereocenters. The third-order valence-corrected chi connectivity index (χ3v) is 10.3. The normalized spacial score (nSPS) is 16.5. The monoisotopic (exact) mass is 768 g/mol. The van der Waals surface area contributed by atoms with E-state index in [0.717, 1.165) is 12.1 Å². The number of hydrogen-bond acceptors (Lipinski definition) is 10. The van der Waals surface area contributed by atoms with Crippen LogP contribution in [-0.2, 0) is 26.0 Å². The molecule has 52 heavy (non-hydrogen) atoms. The number of hydrogen-bond donors (Lipinski definition) is 1. The van der Waals surface area contributed by atoms with E-state index in [0.29, 0.717) is 10.1 Å². The van der Waals surface area contributed by atoms with Crippen molar-refractivity contribution in [3.8, 4) is 23.3 Å². The first-order valence-electron chi connectivity index (χ1n) is 15.8. The van der Waals surface area contributed by atoms with Gasteiger partial charge in [-0.3, -0.25) is 0 Å². The van der Waals surface area contributed by atoms with Gasteiger partial charge in [0.05, 0.1) is 39.5 Å². The van der Waals surface area contributed by atoms with Crippen molar-refractivity contribution in [3.63, 3.8) is 0 Å². The van der Waals surface area contributed by atoms with Crippen LogP contribution in [0.15, 0.2) is 47.4 Å². The number of ether oxygens (including phenoxy) is 4. The molecule has 1 N–H and O–H groups in total. The maximum atomic E-state index is 16.2. The van der Waals surface area contributed by atoms with Crippen molar-refractivity contribution >= 4 is 39.2 Å². The van der Waals surface area contributed by atoms with Crippen molar-refractivity contribution in [2.24, 2.45) is 0 Å². The van der Waals surface area contributed by atoms with E-state index in [4.69, 9.17) is 30.5 Å². The Hall–Kier alpha value is -4.43. The number of pyridine rings is 1. The highest BCUT2D eigenvalue weighted by Gasteiger charge is 2.45. The van der Waals surface area contributed by atoms with Gasteiger partial charge in [-0.15, -0.1) is 0 Å². The van der Waals surface area contributed by atoms with Crippen molar-refractivity contribution in [1.82, 2.24) is 9.88 Å². The molecule has 0 saturated carbocycles. The van der Waals surface area contributed by atoms with Crippen LogP contribution in [0.2, 0.25) is 5.02 Å². The SMILES string of the molecule is COc1ccc(CN(c2cccc(F)n2)S(=O)(=O)c2c(F)cc(N3CC[C@@](OC)(C(O)C#CCN(C)C(=O)OC(C)(C)C)C3)c(Cl)c2F)c(OC)c1. The maximum absolute atomic E-state index is 16.2. The van der Waals surface area contributed by atoms with Crippen molar-refractivity contribution in [1.29, 1.82) is 0 Å². The fourth-order valence-corrected chi connectivity index (χ4v) is 7.25. The van der Waals surface area contributed by atoms with Crippen LogP contribution in [0.4, 0.5) is 29.5 Å². The first kappa shape index (κ1) is 40.3. The van der Waals surface area contributed by atoms with Crippen LogP contribution in [0.3, 0.4) is 0 Å². The molecule has 2 aromatic carbocycles. The topological polar surface area (TPSA) is 131 Å². The van der Waals surface area contributed by atoms with Crippen molar-refractivity contribution in [3.05, 3.63) is 70.6 Å². The molecule has 2 heterocycles. The highest BCUT2D eigenvalue weighted by molar-refractivity contribution is 7.92. The number of methoxy groups -OCH3 is 3. The lowest BCUT2D eigenvalue weighted by Gasteiger charge is -2.31. The minimum Gasteiger partial charge on any atom is -0.497 e. The number of aromatic nitrogens is 1. The van der Waals surface area contributed by atoms with E-state index in [-0.39, 0.29) is 43.1 Å². The lowest BCUT2D eigenvalue weighted by molar-refractivity contribution is -0.0634. The average molecular weight is 769 g/mol. The van der Waals surface area contributed by atoms with Crippen LogP contribution >= 0.6 is 11.6 Å². The zero-order chi connectivity index (χ0) is 38.6. The van der Waals surface area contributed by atoms with Crippen LogP contribution in [0.25, 0.3) is 0 Å². The van der Waals surface area contributed by atoms with Crippen LogP contribution in [0.1, 0.15) is 32.8 Å². The van der Waals surface area contributed by atoms with Crippen molar-refractivity contribution < 1.29 is 50.4 Å². The van der Waals surface area contributed by atoms with Gasteiger partial charge in [0.2, 0.25) is 5.95 Å². The van der Waals surface area contributed by atoms with E-state index in [2.05, 4.69) is 16.8 Å². The number of halogens is 4. The molecule has 282 valence electrons. The lowest BCUT2D eigenvalue weighted by atomic mass is 9.95. The largest absolute Gasteiger partial charge is 0.497 e. The molecule has 3 aromatic rings. The number of anilines is 2. The number of amides is 1. The second-order valence-corrected chi connectivity index (χ2v) is 15.0. The Morgan fingerprint density at radius 2 is 1.85 bits per heavy atom. The summed E-state index contributed by atoms with van der Waals surface area (Å²) < 4.78 is 96.8. The molecule has 2 atom stereocenters. The molecule has 1 amide bonds. The standard InChI is InChI=1S/C35H40ClF3N4O8S/c1-34(2,3)51-33(45)41(4)16-9-10-27(44)35(50-7)15-17-42(21-35)25-19-24(37)32(31(39)30(25)36)52(46,47)43(29-12-8-11-28(38)40-29)20-22-13-14-23(48-5)18-26(22)49-6/h8,11-14,18-19,27,44H,15-17,20-21H2,1-7H3/t27?,35-/m0/s1. The Balaban J connectivity index is 1.65. The number of aliphatic hydroxyl groups is 1. The van der Waals surface area contributed by atoms with Gasteiger partial charge in [-0.05, 0) is 51.5 Å². The number of benzene rings is 2. The summed E-state index contributed by atoms with van der Waals surface area (Å²) in [4.78, 5) is 17.2. The third-order valence-electron chi connectivity index (χ3n) is 8.18. The Labute approximate surface area is 306 Å². The van der Waals surface area contributed by atoms with E-state index < -0.39 is 73.3 Å². The minimum atomic E-state index is -5.16. The molecule has 17 heteroatoms. The van der Waals surface area contributed by atoms with Gasteiger partial charge in [-0.25, -0.2) is 31.3 Å². The van der Waals surface area contributed by atoms with E-state index in [1.54, 1.807) is 20.8 Å². The number of carbonyl (C=O) groups excluding carboxylic acids is 1. The molecule has 1 saturated heterocycles. The zero-order valence-corrected chi connectivity index (χ0v) is 31.2. The van der Waals surface area contributed by atoms with Crippen LogP contribution in [-0.4, -0.2) is 94.8 Å². The second-order valence-electron chi connectivity index (χ2n) is 12.8. The summed E-state index contributed by atoms with van der Waals surface area (Å²) in [7, 11) is 0.417. The molecule has 1 aliphatic rings. The zero-order valence-electron chi connectivity index (χ0n) is 29.7. The predicted octanol–water partition coefficient (Wildman–Crippen LogP) is 5.39. The number of sulfonamides is 1. The Morgan fingerprint density at radius 3 is 2.46 bits per heavy atom. The second kappa shape index (κ2) is 16.1. The number of carbonyl (C=O) groups is 1. The fourth-order valence-electron chi connectivity index (χ4n) is 5.41. The molecule has 1 fully saturated rings. The summed E-state index contributed by atoms with van der Waals surface area (Å²) in [5.41, 5.74) is -2.01. The van der Waals surface area contributed by atoms with Gasteiger partial charge >= 0.3 is 6.09 Å². The van der Waals surface area contributed by atoms with Gasteiger partial charge in [-0.1, -0.05) is 29.5 Å². The molecule has 0 aliphatic carbocycles. The summed E-state index contributed by atoms with van der Waals surface area (Å²) in [6.07, 6.45) is -1.86. The Kier molecular flexibility index (Phi) is 12.5. The summed E-state index contributed by atoms with van der Waals surface area (Å²) in [5, 5.41) is 10.3. The highest BCUT2D eigenvalue weighted by atomic mass is 35.5. The average Bonchev–Trinajstić information content (AvgIpc) is 3.53. The smallest absolute Gasteiger partial charge is 0.410 e. The predicted molar refractivity (Wildman–Crippen MR) is 188 cm³/mol. The first-order valence-corrected chi connectivity index (χ1v) is 17.6. The molecular formula is C35H40ClF3N4O8S. The van der Waals surface area contributed by atoms with Crippen LogP contribution < -0.4 is 18.7 Å². The molecular weight excluding hydrogens is 729 g/mol. The van der Waals surface area contributed by atoms with Crippen molar-refractivity contribution in [2.45, 2.75) is 55.9 Å². The molecule has 1 aliphatic heterocycles. The lowest BCUT2D eigenvalue weighted by Crippen LogP contribution is -2.46. The number of nitrogens with zero attached hydrogens (tertiary/aromatic N) is 4. The minimum absolute atomic E-state index is 0.0684. The summed E-state index contributed by atoms with van der Waals surface area (Å²) in [5.74, 6) is 1.37. The fraction of sp³-hybridized carbons (Fsp3) is 0.429. The molecule has 4 rings (SSSR count). The van der Waals surface area contributed by atoms with E-state index >= 15 is 8.78 Å². The van der Waals surface area contributed by atoms with E-state index in [1.807, 2.05) is 0 Å². The first-order chi connectivity index (χ1) is 24.4. The van der Waals surface area contributed by atoms with Crippen molar-refractivity contribution in [2.75, 3.05) is 57.2 Å². The van der Waals surface area contributed by atoms with Gasteiger partial charge in [0.1, 0.15) is 45.5 Å². The quantitative estimate of drug-likeness (QED) is 0.154. The van der Waals surface area contributed by atoms with Gasteiger partial charge in [0, 0.05) is 38.4 Å². The van der Waals surface area contributed by atoms with Gasteiger partial charge in [0.25, 0.3) is 10.0 Å². The highest BCUT2D eigenvalue weighted by Crippen LogP contribution is 2.41. The molecule has 0 bridgehead atoms. The van der Waals surface area contributed by atoms with E-state index in [1.165, 1.54) is 68.5 Å². The maximum Gasteiger partial charge on any atom is 0.410 e. The third kappa shape index (κ3) is 8.77. The molecule has 1 aromatic heterocycles. The number of rotatable bonds is 11. The van der Waals surface area contributed by atoms with Gasteiger partial charge in [-0.2, -0.15) is 4.39 Å². The Morgan fingerprint density at radius 1 is 1.13 bits per heavy atom. The van der Waals surface area contributed by atoms with Gasteiger partial charge in [0.15, 0.2) is 10.7 Å². The summed E-state index contributed by atoms with van der Waals surface area (Å²) in [6, 6.07) is 8.60. The van der Waals surface area contributed by atoms with Crippen LogP contribution in [0.5, 0.6) is 11.5 Å². The summed E-state index contributed by atoms with van der Waals surface area (Å²) in [6.45, 7) is 4.48. The Bertz CT molecular complexity index is 1970. The molecule has 0 spiro atoms. The van der Waals surface area contributed by atoms with E-state index in [9.17, 15) is 22.7 Å². The van der Waals surface area contributed by atoms with Gasteiger partial charge < -0.3 is 33.9 Å². The molecule has 12 nitrogen and oxygen atoms in total. The number of aliphatic hydroxyl groups excluding tert-OH is 1. The van der Waals surface area contributed by atoms with Crippen LogP contribution in [0, 0.1) is 29.4 Å².